The quantitative estimate of drug-likeness (QED) is 0.768. The number of nitrogens with two attached hydrogens (primary N) is 1. The molecule has 0 radical (unpaired) electrons. The van der Waals surface area contributed by atoms with Crippen molar-refractivity contribution in [1.29, 1.82) is 0 Å². The molecule has 3 N–H and O–H groups in total. The van der Waals surface area contributed by atoms with Crippen molar-refractivity contribution in [3.05, 3.63) is 27.4 Å². The fraction of sp³-hybridized carbons (Fsp3) is 0.111. The maximum atomic E-state index is 11.8. The monoisotopic (exact) mass is 240 g/mol. The lowest BCUT2D eigenvalue weighted by Gasteiger charge is -2.08. The van der Waals surface area contributed by atoms with Crippen molar-refractivity contribution in [3.8, 4) is 5.75 Å². The van der Waals surface area contributed by atoms with Gasteiger partial charge >= 0.3 is 0 Å². The van der Waals surface area contributed by atoms with Crippen LogP contribution in [0.25, 0.3) is 10.2 Å². The van der Waals surface area contributed by atoms with Crippen LogP contribution < -0.4 is 16.1 Å². The highest BCUT2D eigenvalue weighted by Gasteiger charge is 2.21. The standard InChI is InChI=1S/C9H8N2O4S/c1-15-11-4-2-3-16-7(4)6(12)5(8(10)13)9(11)14/h2-3,12H,1H3,(H2,10,13). The highest BCUT2D eigenvalue weighted by molar-refractivity contribution is 7.17. The molecule has 7 heteroatoms. The largest absolute Gasteiger partial charge is 0.505 e. The van der Waals surface area contributed by atoms with Gasteiger partial charge in [-0.05, 0) is 11.4 Å². The predicted octanol–water partition coefficient (Wildman–Crippen LogP) is -0.0741. The van der Waals surface area contributed by atoms with E-state index < -0.39 is 22.8 Å². The van der Waals surface area contributed by atoms with E-state index in [1.165, 1.54) is 18.4 Å². The highest BCUT2D eigenvalue weighted by atomic mass is 32.1. The number of hydrogen-bond acceptors (Lipinski definition) is 5. The third-order valence-corrected chi connectivity index (χ3v) is 3.05. The number of carbonyl (C=O) groups excluding carboxylic acids is 1. The van der Waals surface area contributed by atoms with E-state index in [2.05, 4.69) is 0 Å². The van der Waals surface area contributed by atoms with Crippen LogP contribution in [0.3, 0.4) is 0 Å². The average molecular weight is 240 g/mol. The summed E-state index contributed by atoms with van der Waals surface area (Å²) in [5.74, 6) is -1.38. The van der Waals surface area contributed by atoms with Gasteiger partial charge in [0.15, 0.2) is 11.3 Å². The number of carbonyl (C=O) groups is 1. The summed E-state index contributed by atoms with van der Waals surface area (Å²) in [5.41, 5.74) is 4.21. The number of amides is 1. The van der Waals surface area contributed by atoms with Gasteiger partial charge in [0.05, 0.1) is 4.70 Å². The molecule has 0 aromatic carbocycles. The molecule has 0 saturated carbocycles. The summed E-state index contributed by atoms with van der Waals surface area (Å²) >= 11 is 1.19. The third kappa shape index (κ3) is 1.25. The Labute approximate surface area is 93.4 Å². The van der Waals surface area contributed by atoms with Crippen molar-refractivity contribution in [3.63, 3.8) is 0 Å². The zero-order valence-corrected chi connectivity index (χ0v) is 9.08. The SMILES string of the molecule is COn1c(=O)c(C(N)=O)c(O)c2sccc21. The van der Waals surface area contributed by atoms with Crippen molar-refractivity contribution in [1.82, 2.24) is 4.73 Å². The summed E-state index contributed by atoms with van der Waals surface area (Å²) in [5, 5.41) is 11.4. The molecule has 6 nitrogen and oxygen atoms in total. The smallest absolute Gasteiger partial charge is 0.300 e. The molecule has 16 heavy (non-hydrogen) atoms. The topological polar surface area (TPSA) is 94.5 Å². The number of aromatic hydroxyl groups is 1. The van der Waals surface area contributed by atoms with Gasteiger partial charge < -0.3 is 15.7 Å². The van der Waals surface area contributed by atoms with Gasteiger partial charge in [0.25, 0.3) is 11.5 Å². The minimum atomic E-state index is -0.983. The molecule has 2 heterocycles. The average Bonchev–Trinajstić information content (AvgIpc) is 2.66. The van der Waals surface area contributed by atoms with Crippen LogP contribution in [0.2, 0.25) is 0 Å². The Hall–Kier alpha value is -2.02. The van der Waals surface area contributed by atoms with E-state index in [0.717, 1.165) is 4.73 Å². The minimum Gasteiger partial charge on any atom is -0.505 e. The Balaban J connectivity index is 3.02. The maximum Gasteiger partial charge on any atom is 0.300 e. The lowest BCUT2D eigenvalue weighted by atomic mass is 10.2. The second-order valence-electron chi connectivity index (χ2n) is 3.00. The molecule has 0 bridgehead atoms. The molecule has 0 aliphatic rings. The molecule has 0 aliphatic heterocycles. The molecule has 1 amide bonds. The fourth-order valence-electron chi connectivity index (χ4n) is 1.47. The van der Waals surface area contributed by atoms with Crippen LogP contribution in [0.1, 0.15) is 10.4 Å². The number of primary amides is 1. The Morgan fingerprint density at radius 1 is 1.62 bits per heavy atom. The molecule has 0 atom stereocenters. The molecule has 84 valence electrons. The van der Waals surface area contributed by atoms with Crippen LogP contribution >= 0.6 is 11.3 Å². The van der Waals surface area contributed by atoms with Crippen LogP contribution in [-0.4, -0.2) is 22.9 Å². The van der Waals surface area contributed by atoms with Gasteiger partial charge in [-0.2, -0.15) is 0 Å². The summed E-state index contributed by atoms with van der Waals surface area (Å²) < 4.78 is 1.31. The summed E-state index contributed by atoms with van der Waals surface area (Å²) in [6.07, 6.45) is 0. The molecule has 2 rings (SSSR count). The summed E-state index contributed by atoms with van der Waals surface area (Å²) in [6, 6.07) is 1.61. The second kappa shape index (κ2) is 3.53. The molecule has 0 spiro atoms. The van der Waals surface area contributed by atoms with E-state index in [1.807, 2.05) is 0 Å². The normalized spacial score (nSPS) is 10.6. The summed E-state index contributed by atoms with van der Waals surface area (Å²) in [4.78, 5) is 27.7. The first-order chi connectivity index (χ1) is 7.57. The number of rotatable bonds is 2. The first-order valence-corrected chi connectivity index (χ1v) is 5.15. The highest BCUT2D eigenvalue weighted by Crippen LogP contribution is 2.30. The van der Waals surface area contributed by atoms with Gasteiger partial charge in [-0.25, -0.2) is 0 Å². The maximum absolute atomic E-state index is 11.8. The van der Waals surface area contributed by atoms with Gasteiger partial charge in [-0.15, -0.1) is 16.1 Å². The molecule has 0 fully saturated rings. The van der Waals surface area contributed by atoms with E-state index >= 15 is 0 Å². The van der Waals surface area contributed by atoms with Crippen molar-refractivity contribution < 1.29 is 14.7 Å². The van der Waals surface area contributed by atoms with Gasteiger partial charge in [-0.1, -0.05) is 0 Å². The third-order valence-electron chi connectivity index (χ3n) is 2.14. The zero-order chi connectivity index (χ0) is 11.9. The molecular formula is C9H8N2O4S. The van der Waals surface area contributed by atoms with Gasteiger partial charge in [-0.3, -0.25) is 9.59 Å². The van der Waals surface area contributed by atoms with Crippen LogP contribution in [0.4, 0.5) is 0 Å². The first-order valence-electron chi connectivity index (χ1n) is 4.27. The number of fused-ring (bicyclic) bond motifs is 1. The zero-order valence-electron chi connectivity index (χ0n) is 8.26. The van der Waals surface area contributed by atoms with E-state index in [1.54, 1.807) is 11.4 Å². The Bertz CT molecular complexity index is 628. The number of nitrogens with zero attached hydrogens (tertiary/aromatic N) is 1. The van der Waals surface area contributed by atoms with Crippen LogP contribution in [0.15, 0.2) is 16.2 Å². The molecule has 0 saturated heterocycles. The van der Waals surface area contributed by atoms with Crippen molar-refractivity contribution in [2.45, 2.75) is 0 Å². The van der Waals surface area contributed by atoms with E-state index in [9.17, 15) is 14.7 Å². The Kier molecular flexibility index (Phi) is 2.31. The lowest BCUT2D eigenvalue weighted by molar-refractivity contribution is 0.0989. The van der Waals surface area contributed by atoms with Crippen LogP contribution in [-0.2, 0) is 0 Å². The number of pyridine rings is 1. The van der Waals surface area contributed by atoms with Crippen molar-refractivity contribution in [2.75, 3.05) is 7.11 Å². The van der Waals surface area contributed by atoms with Crippen molar-refractivity contribution in [2.24, 2.45) is 5.73 Å². The first kappa shape index (κ1) is 10.5. The Morgan fingerprint density at radius 2 is 2.31 bits per heavy atom. The van der Waals surface area contributed by atoms with E-state index in [4.69, 9.17) is 10.6 Å². The van der Waals surface area contributed by atoms with Gasteiger partial charge in [0.2, 0.25) is 0 Å². The molecular weight excluding hydrogens is 232 g/mol. The van der Waals surface area contributed by atoms with Gasteiger partial charge in [0, 0.05) is 0 Å². The van der Waals surface area contributed by atoms with Gasteiger partial charge in [0.1, 0.15) is 12.6 Å². The summed E-state index contributed by atoms with van der Waals surface area (Å²) in [6.45, 7) is 0. The molecule has 0 aliphatic carbocycles. The number of aromatic nitrogens is 1. The Morgan fingerprint density at radius 3 is 2.88 bits per heavy atom. The van der Waals surface area contributed by atoms with E-state index in [0.29, 0.717) is 10.2 Å². The lowest BCUT2D eigenvalue weighted by Crippen LogP contribution is -2.32. The summed E-state index contributed by atoms with van der Waals surface area (Å²) in [7, 11) is 1.29. The second-order valence-corrected chi connectivity index (χ2v) is 3.92. The molecule has 2 aromatic rings. The molecule has 2 aromatic heterocycles. The predicted molar refractivity (Wildman–Crippen MR) is 58.8 cm³/mol. The van der Waals surface area contributed by atoms with E-state index in [-0.39, 0.29) is 0 Å². The van der Waals surface area contributed by atoms with Crippen molar-refractivity contribution >= 4 is 27.5 Å². The fourth-order valence-corrected chi connectivity index (χ4v) is 2.29. The van der Waals surface area contributed by atoms with Crippen LogP contribution in [0, 0.1) is 0 Å². The number of thiophene rings is 1. The molecule has 0 unspecified atom stereocenters. The number of hydrogen-bond donors (Lipinski definition) is 2. The van der Waals surface area contributed by atoms with Crippen LogP contribution in [0.5, 0.6) is 5.75 Å². The minimum absolute atomic E-state index is 0.384.